The zero-order valence-corrected chi connectivity index (χ0v) is 14.4. The van der Waals surface area contributed by atoms with E-state index in [1.165, 1.54) is 70.6 Å². The fraction of sp³-hybridized carbons (Fsp3) is 0.900. The van der Waals surface area contributed by atoms with Crippen molar-refractivity contribution in [2.45, 2.75) is 90.6 Å². The van der Waals surface area contributed by atoms with Gasteiger partial charge in [-0.05, 0) is 69.1 Å². The van der Waals surface area contributed by atoms with Gasteiger partial charge >= 0.3 is 0 Å². The largest absolute Gasteiger partial charge is 0.374 e. The zero-order valence-electron chi connectivity index (χ0n) is 14.4. The summed E-state index contributed by atoms with van der Waals surface area (Å²) in [5, 5.41) is 0. The van der Waals surface area contributed by atoms with Crippen molar-refractivity contribution in [1.82, 2.24) is 0 Å². The smallest absolute Gasteiger partial charge is 0.0651 e. The summed E-state index contributed by atoms with van der Waals surface area (Å²) in [4.78, 5) is 0. The summed E-state index contributed by atoms with van der Waals surface area (Å²) >= 11 is 0. The minimum Gasteiger partial charge on any atom is -0.374 e. The van der Waals surface area contributed by atoms with E-state index in [1.54, 1.807) is 0 Å². The van der Waals surface area contributed by atoms with Gasteiger partial charge in [-0.3, -0.25) is 0 Å². The molecule has 1 nitrogen and oxygen atoms in total. The van der Waals surface area contributed by atoms with Gasteiger partial charge in [0.05, 0.1) is 12.7 Å². The van der Waals surface area contributed by atoms with Crippen molar-refractivity contribution < 1.29 is 4.74 Å². The summed E-state index contributed by atoms with van der Waals surface area (Å²) < 4.78 is 6.06. The van der Waals surface area contributed by atoms with Crippen molar-refractivity contribution >= 4 is 0 Å². The van der Waals surface area contributed by atoms with E-state index in [4.69, 9.17) is 4.74 Å². The average Bonchev–Trinajstić information content (AvgIpc) is 2.54. The molecule has 0 bridgehead atoms. The molecule has 21 heavy (non-hydrogen) atoms. The molecule has 0 saturated heterocycles. The molecule has 0 aliphatic heterocycles. The van der Waals surface area contributed by atoms with Gasteiger partial charge in [0.15, 0.2) is 0 Å². The van der Waals surface area contributed by atoms with E-state index < -0.39 is 0 Å². The Bertz CT molecular complexity index is 280. The van der Waals surface area contributed by atoms with E-state index in [0.717, 1.165) is 24.4 Å². The van der Waals surface area contributed by atoms with E-state index in [2.05, 4.69) is 26.0 Å². The SMILES string of the molecule is CCCC1CCC(OC/C=C/C2CCC(CC)CC2)CC1. The van der Waals surface area contributed by atoms with E-state index >= 15 is 0 Å². The second-order valence-corrected chi connectivity index (χ2v) is 7.38. The minimum atomic E-state index is 0.540. The van der Waals surface area contributed by atoms with E-state index in [-0.39, 0.29) is 0 Å². The van der Waals surface area contributed by atoms with Crippen LogP contribution in [0.4, 0.5) is 0 Å². The fourth-order valence-corrected chi connectivity index (χ4v) is 4.22. The van der Waals surface area contributed by atoms with Crippen molar-refractivity contribution in [2.24, 2.45) is 17.8 Å². The van der Waals surface area contributed by atoms with Crippen molar-refractivity contribution in [3.8, 4) is 0 Å². The summed E-state index contributed by atoms with van der Waals surface area (Å²) in [5.41, 5.74) is 0. The Morgan fingerprint density at radius 3 is 2.14 bits per heavy atom. The molecule has 0 N–H and O–H groups in total. The highest BCUT2D eigenvalue weighted by atomic mass is 16.5. The molecule has 122 valence electrons. The lowest BCUT2D eigenvalue weighted by molar-refractivity contribution is 0.0333. The summed E-state index contributed by atoms with van der Waals surface area (Å²) in [6.07, 6.45) is 20.5. The molecule has 2 rings (SSSR count). The molecule has 2 fully saturated rings. The third kappa shape index (κ3) is 6.14. The highest BCUT2D eigenvalue weighted by Gasteiger charge is 2.21. The molecule has 0 atom stereocenters. The fourth-order valence-electron chi connectivity index (χ4n) is 4.22. The summed E-state index contributed by atoms with van der Waals surface area (Å²) in [7, 11) is 0. The Balaban J connectivity index is 1.54. The molecular weight excluding hydrogens is 256 g/mol. The van der Waals surface area contributed by atoms with Crippen molar-refractivity contribution in [3.05, 3.63) is 12.2 Å². The normalized spacial score (nSPS) is 34.4. The molecule has 0 heterocycles. The van der Waals surface area contributed by atoms with Crippen molar-refractivity contribution in [2.75, 3.05) is 6.61 Å². The molecular formula is C20H36O. The van der Waals surface area contributed by atoms with E-state index in [0.29, 0.717) is 6.10 Å². The monoisotopic (exact) mass is 292 g/mol. The lowest BCUT2D eigenvalue weighted by atomic mass is 9.81. The van der Waals surface area contributed by atoms with Crippen molar-refractivity contribution in [3.63, 3.8) is 0 Å². The Morgan fingerprint density at radius 1 is 0.857 bits per heavy atom. The quantitative estimate of drug-likeness (QED) is 0.512. The maximum Gasteiger partial charge on any atom is 0.0651 e. The van der Waals surface area contributed by atoms with Crippen LogP contribution in [0.5, 0.6) is 0 Å². The van der Waals surface area contributed by atoms with Gasteiger partial charge in [-0.1, -0.05) is 45.3 Å². The van der Waals surface area contributed by atoms with Crippen LogP contribution in [0.1, 0.15) is 84.5 Å². The van der Waals surface area contributed by atoms with Gasteiger partial charge < -0.3 is 4.74 Å². The Kier molecular flexibility index (Phi) is 7.85. The standard InChI is InChI=1S/C20H36O/c1-3-6-18-12-14-20(15-13-18)21-16-5-7-19-10-8-17(4-2)9-11-19/h5,7,17-20H,3-4,6,8-16H2,1-2H3/b7-5+. The summed E-state index contributed by atoms with van der Waals surface area (Å²) in [5.74, 6) is 2.82. The van der Waals surface area contributed by atoms with Gasteiger partial charge in [-0.2, -0.15) is 0 Å². The predicted molar refractivity (Wildman–Crippen MR) is 91.5 cm³/mol. The number of hydrogen-bond donors (Lipinski definition) is 0. The Labute approximate surface area is 132 Å². The van der Waals surface area contributed by atoms with Crippen LogP contribution in [-0.2, 0) is 4.74 Å². The molecule has 0 aromatic carbocycles. The van der Waals surface area contributed by atoms with Gasteiger partial charge in [0.1, 0.15) is 0 Å². The molecule has 0 amide bonds. The third-order valence-electron chi connectivity index (χ3n) is 5.80. The maximum atomic E-state index is 6.06. The molecule has 0 aromatic rings. The van der Waals surface area contributed by atoms with Crippen molar-refractivity contribution in [1.29, 1.82) is 0 Å². The Hall–Kier alpha value is -0.300. The van der Waals surface area contributed by atoms with Crippen LogP contribution in [0.2, 0.25) is 0 Å². The zero-order chi connectivity index (χ0) is 14.9. The van der Waals surface area contributed by atoms with Gasteiger partial charge in [-0.25, -0.2) is 0 Å². The topological polar surface area (TPSA) is 9.23 Å². The molecule has 2 aliphatic rings. The first-order chi connectivity index (χ1) is 10.3. The molecule has 0 radical (unpaired) electrons. The van der Waals surface area contributed by atoms with Crippen LogP contribution in [0, 0.1) is 17.8 Å². The molecule has 2 saturated carbocycles. The number of rotatable bonds is 7. The van der Waals surface area contributed by atoms with Crippen LogP contribution in [0.25, 0.3) is 0 Å². The first-order valence-corrected chi connectivity index (χ1v) is 9.60. The van der Waals surface area contributed by atoms with Crippen LogP contribution in [0.3, 0.4) is 0 Å². The highest BCUT2D eigenvalue weighted by molar-refractivity contribution is 4.91. The number of hydrogen-bond acceptors (Lipinski definition) is 1. The van der Waals surface area contributed by atoms with Gasteiger partial charge in [-0.15, -0.1) is 0 Å². The third-order valence-corrected chi connectivity index (χ3v) is 5.80. The Morgan fingerprint density at radius 2 is 1.52 bits per heavy atom. The minimum absolute atomic E-state index is 0.540. The van der Waals surface area contributed by atoms with Crippen LogP contribution in [0.15, 0.2) is 12.2 Å². The first-order valence-electron chi connectivity index (χ1n) is 9.60. The maximum absolute atomic E-state index is 6.06. The van der Waals surface area contributed by atoms with Crippen LogP contribution in [-0.4, -0.2) is 12.7 Å². The van der Waals surface area contributed by atoms with Gasteiger partial charge in [0.25, 0.3) is 0 Å². The van der Waals surface area contributed by atoms with E-state index in [9.17, 15) is 0 Å². The number of allylic oxidation sites excluding steroid dienone is 1. The van der Waals surface area contributed by atoms with Crippen LogP contribution >= 0.6 is 0 Å². The van der Waals surface area contributed by atoms with Gasteiger partial charge in [0.2, 0.25) is 0 Å². The van der Waals surface area contributed by atoms with Crippen LogP contribution < -0.4 is 0 Å². The summed E-state index contributed by atoms with van der Waals surface area (Å²) in [6.45, 7) is 5.49. The second-order valence-electron chi connectivity index (χ2n) is 7.38. The molecule has 1 heteroatoms. The second kappa shape index (κ2) is 9.66. The highest BCUT2D eigenvalue weighted by Crippen LogP contribution is 2.31. The van der Waals surface area contributed by atoms with Gasteiger partial charge in [0, 0.05) is 0 Å². The first kappa shape index (κ1) is 17.1. The summed E-state index contributed by atoms with van der Waals surface area (Å²) in [6, 6.07) is 0. The molecule has 0 unspecified atom stereocenters. The van der Waals surface area contributed by atoms with E-state index in [1.807, 2.05) is 0 Å². The number of ether oxygens (including phenoxy) is 1. The molecule has 0 spiro atoms. The average molecular weight is 293 g/mol. The predicted octanol–water partition coefficient (Wildman–Crippen LogP) is 6.13. The lowest BCUT2D eigenvalue weighted by Crippen LogP contribution is -2.21. The lowest BCUT2D eigenvalue weighted by Gasteiger charge is -2.28. The molecule has 2 aliphatic carbocycles. The molecule has 0 aromatic heterocycles.